The third-order valence-electron chi connectivity index (χ3n) is 5.25. The number of piperidine rings is 2. The first-order valence-electron chi connectivity index (χ1n) is 9.11. The molecular weight excluding hydrogens is 409 g/mol. The Morgan fingerprint density at radius 1 is 1.14 bits per heavy atom. The number of fused-ring (bicyclic) bond motifs is 1. The topological polar surface area (TPSA) is 137 Å². The summed E-state index contributed by atoms with van der Waals surface area (Å²) in [4.78, 5) is 36.1. The first-order chi connectivity index (χ1) is 13.7. The average molecular weight is 427 g/mol. The molecule has 0 bridgehead atoms. The largest absolute Gasteiger partial charge is 0.488 e. The van der Waals surface area contributed by atoms with Crippen LogP contribution in [-0.4, -0.2) is 37.9 Å². The summed E-state index contributed by atoms with van der Waals surface area (Å²) in [5.41, 5.74) is 0.238. The number of benzene rings is 1. The molecule has 0 radical (unpaired) electrons. The fourth-order valence-electron chi connectivity index (χ4n) is 3.95. The van der Waals surface area contributed by atoms with Gasteiger partial charge in [-0.3, -0.25) is 19.5 Å². The predicted molar refractivity (Wildman–Crippen MR) is 97.4 cm³/mol. The van der Waals surface area contributed by atoms with Crippen molar-refractivity contribution in [1.82, 2.24) is 15.2 Å². The van der Waals surface area contributed by atoms with Gasteiger partial charge in [-0.2, -0.15) is 8.42 Å². The Labute approximate surface area is 164 Å². The molecule has 1 unspecified atom stereocenters. The number of carbonyl (C=O) groups excluding carboxylic acids is 2. The fraction of sp³-hybridized carbons (Fsp3) is 0.471. The fourth-order valence-corrected chi connectivity index (χ4v) is 4.33. The number of aromatic nitrogens is 1. The minimum Gasteiger partial charge on any atom is -0.404 e. The highest BCUT2D eigenvalue weighted by molar-refractivity contribution is 7.81. The van der Waals surface area contributed by atoms with E-state index in [1.54, 1.807) is 6.07 Å². The van der Waals surface area contributed by atoms with Crippen LogP contribution in [0.2, 0.25) is 0 Å². The van der Waals surface area contributed by atoms with Gasteiger partial charge in [0.1, 0.15) is 6.04 Å². The molecule has 2 aliphatic rings. The summed E-state index contributed by atoms with van der Waals surface area (Å²) in [5, 5.41) is 5.32. The van der Waals surface area contributed by atoms with Crippen LogP contribution in [0.1, 0.15) is 43.2 Å². The minimum atomic E-state index is -5.39. The van der Waals surface area contributed by atoms with Crippen LogP contribution >= 0.6 is 0 Å². The second-order valence-electron chi connectivity index (χ2n) is 7.04. The highest BCUT2D eigenvalue weighted by Crippen LogP contribution is 2.39. The molecule has 10 nitrogen and oxygen atoms in total. The average Bonchev–Trinajstić information content (AvgIpc) is 2.98. The Balaban J connectivity index is 1.88. The van der Waals surface area contributed by atoms with Crippen molar-refractivity contribution in [3.8, 4) is 5.75 Å². The van der Waals surface area contributed by atoms with Crippen LogP contribution in [-0.2, 0) is 20.1 Å². The van der Waals surface area contributed by atoms with Gasteiger partial charge in [0.15, 0.2) is 5.75 Å². The molecule has 2 saturated heterocycles. The van der Waals surface area contributed by atoms with Crippen LogP contribution < -0.4 is 20.6 Å². The molecule has 2 aliphatic heterocycles. The number of hydrogen-bond acceptors (Lipinski definition) is 8. The predicted octanol–water partition coefficient (Wildman–Crippen LogP) is 0.632. The van der Waals surface area contributed by atoms with Gasteiger partial charge >= 0.3 is 16.3 Å². The highest BCUT2D eigenvalue weighted by Gasteiger charge is 2.33. The third-order valence-corrected chi connectivity index (χ3v) is 5.62. The van der Waals surface area contributed by atoms with Gasteiger partial charge in [-0.15, -0.1) is 0 Å². The van der Waals surface area contributed by atoms with Crippen LogP contribution in [0, 0.1) is 0 Å². The maximum atomic E-state index is 13.4. The molecule has 1 aromatic heterocycles. The first kappa shape index (κ1) is 19.6. The zero-order valence-electron chi connectivity index (χ0n) is 15.1. The normalized spacial score (nSPS) is 21.3. The maximum absolute atomic E-state index is 13.4. The number of nitrogens with zero attached hydrogens (tertiary/aromatic N) is 1. The molecule has 2 fully saturated rings. The molecule has 2 N–H and O–H groups in total. The molecule has 1 atom stereocenters. The van der Waals surface area contributed by atoms with Crippen LogP contribution in [0.15, 0.2) is 21.3 Å². The molecule has 0 saturated carbocycles. The molecular formula is C17H18FN3O7S. The summed E-state index contributed by atoms with van der Waals surface area (Å²) in [6.07, 6.45) is 1.43. The Hall–Kier alpha value is -2.73. The van der Waals surface area contributed by atoms with Crippen LogP contribution in [0.4, 0.5) is 3.89 Å². The number of carbonyl (C=O) groups is 2. The van der Waals surface area contributed by atoms with Gasteiger partial charge in [0, 0.05) is 12.0 Å². The van der Waals surface area contributed by atoms with Crippen molar-refractivity contribution in [2.45, 2.75) is 37.6 Å². The van der Waals surface area contributed by atoms with Gasteiger partial charge in [0.25, 0.3) is 0 Å². The summed E-state index contributed by atoms with van der Waals surface area (Å²) in [6, 6.07) is 2.05. The van der Waals surface area contributed by atoms with Crippen molar-refractivity contribution in [2.24, 2.45) is 0 Å². The molecule has 2 aromatic rings. The monoisotopic (exact) mass is 427 g/mol. The molecule has 0 spiro atoms. The molecule has 1 aromatic carbocycles. The van der Waals surface area contributed by atoms with E-state index in [1.807, 2.05) is 0 Å². The number of halogens is 1. The number of rotatable bonds is 4. The minimum absolute atomic E-state index is 0.0326. The SMILES string of the molecule is O=C1CCC(n2c(=O)oc3c(OS(=O)(=O)F)c(C4CCNCC4)ccc32)C(=O)N1. The van der Waals surface area contributed by atoms with Crippen molar-refractivity contribution < 1.29 is 30.5 Å². The van der Waals surface area contributed by atoms with E-state index in [-0.39, 0.29) is 35.6 Å². The lowest BCUT2D eigenvalue weighted by atomic mass is 9.89. The van der Waals surface area contributed by atoms with E-state index in [1.165, 1.54) is 6.07 Å². The number of nitrogens with one attached hydrogen (secondary N) is 2. The first-order valence-corrected chi connectivity index (χ1v) is 10.4. The molecule has 0 aliphatic carbocycles. The van der Waals surface area contributed by atoms with Gasteiger partial charge in [-0.25, -0.2) is 4.79 Å². The van der Waals surface area contributed by atoms with Crippen molar-refractivity contribution >= 4 is 33.4 Å². The van der Waals surface area contributed by atoms with Crippen LogP contribution in [0.3, 0.4) is 0 Å². The lowest BCUT2D eigenvalue weighted by Crippen LogP contribution is -2.43. The standard InChI is InChI=1S/C17H18FN3O7S/c18-29(25,26)28-14-10(9-5-7-19-8-6-9)1-2-11-15(14)27-17(24)21(11)12-3-4-13(22)20-16(12)23/h1-2,9,12,19H,3-8H2,(H,20,22,23). The summed E-state index contributed by atoms with van der Waals surface area (Å²) in [6.45, 7) is 1.37. The van der Waals surface area contributed by atoms with Gasteiger partial charge in [0.2, 0.25) is 17.4 Å². The Morgan fingerprint density at radius 2 is 1.86 bits per heavy atom. The van der Waals surface area contributed by atoms with E-state index in [9.17, 15) is 26.7 Å². The van der Waals surface area contributed by atoms with Gasteiger partial charge in [-0.05, 0) is 44.3 Å². The van der Waals surface area contributed by atoms with Gasteiger partial charge in [0.05, 0.1) is 5.52 Å². The van der Waals surface area contributed by atoms with E-state index in [4.69, 9.17) is 4.42 Å². The quantitative estimate of drug-likeness (QED) is 0.536. The van der Waals surface area contributed by atoms with E-state index in [0.717, 1.165) is 4.57 Å². The van der Waals surface area contributed by atoms with E-state index in [0.29, 0.717) is 31.5 Å². The van der Waals surface area contributed by atoms with E-state index in [2.05, 4.69) is 14.8 Å². The van der Waals surface area contributed by atoms with Crippen molar-refractivity contribution in [3.63, 3.8) is 0 Å². The van der Waals surface area contributed by atoms with Crippen molar-refractivity contribution in [1.29, 1.82) is 0 Å². The number of hydrogen-bond donors (Lipinski definition) is 2. The lowest BCUT2D eigenvalue weighted by Gasteiger charge is -2.24. The Bertz CT molecular complexity index is 1150. The van der Waals surface area contributed by atoms with Crippen LogP contribution in [0.25, 0.3) is 11.1 Å². The lowest BCUT2D eigenvalue weighted by molar-refractivity contribution is -0.135. The molecule has 3 heterocycles. The molecule has 12 heteroatoms. The zero-order chi connectivity index (χ0) is 20.8. The number of oxazole rings is 1. The molecule has 29 heavy (non-hydrogen) atoms. The second-order valence-corrected chi connectivity index (χ2v) is 7.99. The smallest absolute Gasteiger partial charge is 0.404 e. The summed E-state index contributed by atoms with van der Waals surface area (Å²) in [7, 11) is -5.39. The van der Waals surface area contributed by atoms with Crippen molar-refractivity contribution in [2.75, 3.05) is 13.1 Å². The van der Waals surface area contributed by atoms with Gasteiger partial charge < -0.3 is 13.9 Å². The number of imide groups is 1. The van der Waals surface area contributed by atoms with E-state index < -0.39 is 34.1 Å². The summed E-state index contributed by atoms with van der Waals surface area (Å²) in [5.74, 6) is -2.57. The van der Waals surface area contributed by atoms with Crippen molar-refractivity contribution in [3.05, 3.63) is 28.2 Å². The number of amides is 2. The second kappa shape index (κ2) is 7.26. The van der Waals surface area contributed by atoms with E-state index >= 15 is 0 Å². The molecule has 4 rings (SSSR count). The Kier molecular flexibility index (Phi) is 4.90. The Morgan fingerprint density at radius 3 is 2.52 bits per heavy atom. The van der Waals surface area contributed by atoms with Gasteiger partial charge in [-0.1, -0.05) is 9.95 Å². The molecule has 2 amide bonds. The summed E-state index contributed by atoms with van der Waals surface area (Å²) < 4.78 is 46.7. The van der Waals surface area contributed by atoms with Crippen LogP contribution in [0.5, 0.6) is 5.75 Å². The summed E-state index contributed by atoms with van der Waals surface area (Å²) >= 11 is 0. The molecule has 156 valence electrons. The zero-order valence-corrected chi connectivity index (χ0v) is 16.0. The maximum Gasteiger partial charge on any atom is 0.488 e. The highest BCUT2D eigenvalue weighted by atomic mass is 32.3. The third kappa shape index (κ3) is 3.77.